The third-order valence-corrected chi connectivity index (χ3v) is 4.49. The Morgan fingerprint density at radius 3 is 2.59 bits per heavy atom. The minimum absolute atomic E-state index is 0.357. The molecule has 2 heterocycles. The molecule has 0 aromatic carbocycles. The van der Waals surface area contributed by atoms with Crippen LogP contribution in [-0.2, 0) is 0 Å². The van der Waals surface area contributed by atoms with Gasteiger partial charge in [0.05, 0.1) is 11.6 Å². The first-order valence-corrected chi connectivity index (χ1v) is 7.32. The predicted octanol–water partition coefficient (Wildman–Crippen LogP) is 1.71. The third-order valence-electron chi connectivity index (χ3n) is 4.49. The lowest BCUT2D eigenvalue weighted by molar-refractivity contribution is -0.0760. The number of unbranched alkanes of at least 4 members (excludes halogenated alkanes) is 1. The molecule has 2 aliphatic rings. The van der Waals surface area contributed by atoms with Crippen molar-refractivity contribution in [2.24, 2.45) is 0 Å². The van der Waals surface area contributed by atoms with E-state index in [1.807, 2.05) is 6.92 Å². The zero-order valence-electron chi connectivity index (χ0n) is 11.5. The standard InChI is InChI=1S/C14H28N2O/c1-3-4-8-15-11-7-14(2,17)13(12-15)16-9-5-6-10-16/h13,17H,3-12H2,1-2H3/t13-,14-/m1/s1. The van der Waals surface area contributed by atoms with Crippen molar-refractivity contribution >= 4 is 0 Å². The van der Waals surface area contributed by atoms with Crippen LogP contribution in [-0.4, -0.2) is 59.3 Å². The second-order valence-corrected chi connectivity index (χ2v) is 6.02. The van der Waals surface area contributed by atoms with Gasteiger partial charge in [-0.25, -0.2) is 0 Å². The Labute approximate surface area is 106 Å². The van der Waals surface area contributed by atoms with Gasteiger partial charge >= 0.3 is 0 Å². The van der Waals surface area contributed by atoms with Gasteiger partial charge in [-0.3, -0.25) is 4.90 Å². The number of hydrogen-bond donors (Lipinski definition) is 1. The second-order valence-electron chi connectivity index (χ2n) is 6.02. The van der Waals surface area contributed by atoms with E-state index in [4.69, 9.17) is 0 Å². The Bertz CT molecular complexity index is 236. The van der Waals surface area contributed by atoms with Crippen LogP contribution in [0.15, 0.2) is 0 Å². The van der Waals surface area contributed by atoms with Crippen molar-refractivity contribution in [3.8, 4) is 0 Å². The van der Waals surface area contributed by atoms with Crippen LogP contribution in [0.4, 0.5) is 0 Å². The molecule has 1 N–H and O–H groups in total. The largest absolute Gasteiger partial charge is 0.388 e. The molecule has 2 atom stereocenters. The molecule has 3 heteroatoms. The monoisotopic (exact) mass is 240 g/mol. The molecule has 2 aliphatic heterocycles. The molecular formula is C14H28N2O. The zero-order valence-corrected chi connectivity index (χ0v) is 11.5. The summed E-state index contributed by atoms with van der Waals surface area (Å²) in [5.41, 5.74) is -0.479. The number of nitrogens with zero attached hydrogens (tertiary/aromatic N) is 2. The van der Waals surface area contributed by atoms with Gasteiger partial charge in [-0.2, -0.15) is 0 Å². The highest BCUT2D eigenvalue weighted by Gasteiger charge is 2.41. The Kier molecular flexibility index (Phi) is 4.45. The van der Waals surface area contributed by atoms with E-state index in [0.717, 1.165) is 19.5 Å². The van der Waals surface area contributed by atoms with Crippen molar-refractivity contribution in [3.63, 3.8) is 0 Å². The van der Waals surface area contributed by atoms with E-state index in [1.54, 1.807) is 0 Å². The first-order valence-electron chi connectivity index (χ1n) is 7.32. The maximum absolute atomic E-state index is 10.6. The maximum Gasteiger partial charge on any atom is 0.0798 e. The highest BCUT2D eigenvalue weighted by Crippen LogP contribution is 2.28. The van der Waals surface area contributed by atoms with E-state index in [0.29, 0.717) is 6.04 Å². The van der Waals surface area contributed by atoms with E-state index in [1.165, 1.54) is 45.3 Å². The van der Waals surface area contributed by atoms with Gasteiger partial charge in [-0.05, 0) is 52.2 Å². The Hall–Kier alpha value is -0.120. The van der Waals surface area contributed by atoms with Crippen LogP contribution in [0.5, 0.6) is 0 Å². The van der Waals surface area contributed by atoms with Crippen LogP contribution in [0.25, 0.3) is 0 Å². The van der Waals surface area contributed by atoms with E-state index in [9.17, 15) is 5.11 Å². The highest BCUT2D eigenvalue weighted by atomic mass is 16.3. The van der Waals surface area contributed by atoms with Crippen LogP contribution in [0.2, 0.25) is 0 Å². The van der Waals surface area contributed by atoms with Crippen molar-refractivity contribution in [1.29, 1.82) is 0 Å². The molecule has 3 nitrogen and oxygen atoms in total. The summed E-state index contributed by atoms with van der Waals surface area (Å²) in [5.74, 6) is 0. The minimum Gasteiger partial charge on any atom is -0.388 e. The molecule has 0 aliphatic carbocycles. The number of rotatable bonds is 4. The summed E-state index contributed by atoms with van der Waals surface area (Å²) in [4.78, 5) is 5.06. The summed E-state index contributed by atoms with van der Waals surface area (Å²) in [6, 6.07) is 0.357. The third kappa shape index (κ3) is 3.21. The van der Waals surface area contributed by atoms with Crippen molar-refractivity contribution in [3.05, 3.63) is 0 Å². The molecule has 0 spiro atoms. The van der Waals surface area contributed by atoms with Crippen molar-refractivity contribution in [2.75, 3.05) is 32.7 Å². The van der Waals surface area contributed by atoms with Gasteiger partial charge in [-0.15, -0.1) is 0 Å². The molecule has 0 amide bonds. The molecule has 17 heavy (non-hydrogen) atoms. The smallest absolute Gasteiger partial charge is 0.0798 e. The molecule has 0 aromatic rings. The number of piperidine rings is 1. The quantitative estimate of drug-likeness (QED) is 0.810. The lowest BCUT2D eigenvalue weighted by Gasteiger charge is -2.46. The van der Waals surface area contributed by atoms with Crippen molar-refractivity contribution in [1.82, 2.24) is 9.80 Å². The average Bonchev–Trinajstić information content (AvgIpc) is 2.80. The fourth-order valence-corrected chi connectivity index (χ4v) is 3.23. The highest BCUT2D eigenvalue weighted by molar-refractivity contribution is 4.97. The zero-order chi connectivity index (χ0) is 12.3. The van der Waals surface area contributed by atoms with Gasteiger partial charge < -0.3 is 10.0 Å². The van der Waals surface area contributed by atoms with Crippen LogP contribution in [0, 0.1) is 0 Å². The predicted molar refractivity (Wildman–Crippen MR) is 71.2 cm³/mol. The topological polar surface area (TPSA) is 26.7 Å². The molecule has 2 fully saturated rings. The van der Waals surface area contributed by atoms with Gasteiger partial charge in [0, 0.05) is 13.1 Å². The Morgan fingerprint density at radius 1 is 1.24 bits per heavy atom. The van der Waals surface area contributed by atoms with E-state index in [-0.39, 0.29) is 0 Å². The summed E-state index contributed by atoms with van der Waals surface area (Å²) < 4.78 is 0. The molecule has 0 aromatic heterocycles. The maximum atomic E-state index is 10.6. The fraction of sp³-hybridized carbons (Fsp3) is 1.00. The summed E-state index contributed by atoms with van der Waals surface area (Å²) in [5, 5.41) is 10.6. The number of likely N-dealkylation sites (tertiary alicyclic amines) is 2. The van der Waals surface area contributed by atoms with Crippen molar-refractivity contribution < 1.29 is 5.11 Å². The first kappa shape index (κ1) is 13.3. The van der Waals surface area contributed by atoms with Gasteiger partial charge in [-0.1, -0.05) is 13.3 Å². The van der Waals surface area contributed by atoms with E-state index in [2.05, 4.69) is 16.7 Å². The lowest BCUT2D eigenvalue weighted by Crippen LogP contribution is -2.60. The molecule has 0 bridgehead atoms. The molecule has 100 valence electrons. The molecule has 2 rings (SSSR count). The minimum atomic E-state index is -0.479. The van der Waals surface area contributed by atoms with E-state index >= 15 is 0 Å². The molecular weight excluding hydrogens is 212 g/mol. The Morgan fingerprint density at radius 2 is 1.94 bits per heavy atom. The van der Waals surface area contributed by atoms with Crippen LogP contribution in [0.3, 0.4) is 0 Å². The van der Waals surface area contributed by atoms with Crippen LogP contribution >= 0.6 is 0 Å². The SMILES string of the molecule is CCCCN1CC[C@@](C)(O)[C@H](N2CCCC2)C1. The average molecular weight is 240 g/mol. The summed E-state index contributed by atoms with van der Waals surface area (Å²) >= 11 is 0. The molecule has 0 radical (unpaired) electrons. The number of hydrogen-bond acceptors (Lipinski definition) is 3. The van der Waals surface area contributed by atoms with Gasteiger partial charge in [0.1, 0.15) is 0 Å². The Balaban J connectivity index is 1.94. The second kappa shape index (κ2) is 5.68. The summed E-state index contributed by atoms with van der Waals surface area (Å²) in [6.07, 6.45) is 6.09. The fourth-order valence-electron chi connectivity index (χ4n) is 3.23. The molecule has 0 saturated carbocycles. The molecule has 2 saturated heterocycles. The van der Waals surface area contributed by atoms with Crippen molar-refractivity contribution in [2.45, 2.75) is 57.6 Å². The summed E-state index contributed by atoms with van der Waals surface area (Å²) in [7, 11) is 0. The summed E-state index contributed by atoms with van der Waals surface area (Å²) in [6.45, 7) is 9.98. The van der Waals surface area contributed by atoms with Crippen LogP contribution in [0.1, 0.15) is 46.0 Å². The number of aliphatic hydroxyl groups is 1. The van der Waals surface area contributed by atoms with Gasteiger partial charge in [0.25, 0.3) is 0 Å². The van der Waals surface area contributed by atoms with E-state index < -0.39 is 5.60 Å². The van der Waals surface area contributed by atoms with Crippen LogP contribution < -0.4 is 0 Å². The first-order chi connectivity index (χ1) is 8.13. The lowest BCUT2D eigenvalue weighted by atomic mass is 9.87. The molecule has 0 unspecified atom stereocenters. The normalized spacial score (nSPS) is 36.5. The van der Waals surface area contributed by atoms with Gasteiger partial charge in [0.2, 0.25) is 0 Å². The van der Waals surface area contributed by atoms with Gasteiger partial charge in [0.15, 0.2) is 0 Å².